The molecule has 0 fully saturated rings. The van der Waals surface area contributed by atoms with E-state index in [1.807, 2.05) is 4.57 Å². The number of imidazole rings is 1. The van der Waals surface area contributed by atoms with Gasteiger partial charge in [-0.1, -0.05) is 13.8 Å². The van der Waals surface area contributed by atoms with Crippen molar-refractivity contribution in [3.63, 3.8) is 0 Å². The molecule has 2 aromatic rings. The van der Waals surface area contributed by atoms with E-state index in [0.29, 0.717) is 15.2 Å². The van der Waals surface area contributed by atoms with Crippen molar-refractivity contribution in [3.8, 4) is 0 Å². The van der Waals surface area contributed by atoms with Gasteiger partial charge in [-0.25, -0.2) is 4.39 Å². The fourth-order valence-corrected chi connectivity index (χ4v) is 2.66. The van der Waals surface area contributed by atoms with Crippen LogP contribution >= 0.6 is 28.1 Å². The number of aryl methyl sites for hydroxylation is 1. The molecule has 1 N–H and O–H groups in total. The Labute approximate surface area is 119 Å². The van der Waals surface area contributed by atoms with E-state index in [9.17, 15) is 4.39 Å². The van der Waals surface area contributed by atoms with Gasteiger partial charge in [0.2, 0.25) is 0 Å². The lowest BCUT2D eigenvalue weighted by Gasteiger charge is -2.07. The third-order valence-electron chi connectivity index (χ3n) is 2.98. The Morgan fingerprint density at radius 2 is 2.17 bits per heavy atom. The van der Waals surface area contributed by atoms with E-state index in [1.54, 1.807) is 6.07 Å². The van der Waals surface area contributed by atoms with Crippen LogP contribution in [0.5, 0.6) is 0 Å². The van der Waals surface area contributed by atoms with Crippen LogP contribution in [-0.4, -0.2) is 9.55 Å². The van der Waals surface area contributed by atoms with Gasteiger partial charge in [-0.3, -0.25) is 0 Å². The number of rotatable bonds is 4. The number of hydrogen-bond donors (Lipinski definition) is 1. The molecule has 18 heavy (non-hydrogen) atoms. The number of halogens is 2. The molecule has 2 rings (SSSR count). The number of hydrogen-bond acceptors (Lipinski definition) is 1. The third kappa shape index (κ3) is 2.83. The summed E-state index contributed by atoms with van der Waals surface area (Å²) in [6.07, 6.45) is 2.24. The number of nitrogens with one attached hydrogen (secondary N) is 1. The molecule has 1 heterocycles. The van der Waals surface area contributed by atoms with Gasteiger partial charge in [0.1, 0.15) is 5.82 Å². The smallest absolute Gasteiger partial charge is 0.178 e. The molecule has 0 aliphatic heterocycles. The largest absolute Gasteiger partial charge is 0.330 e. The molecule has 1 aromatic heterocycles. The van der Waals surface area contributed by atoms with Crippen LogP contribution in [0.2, 0.25) is 0 Å². The van der Waals surface area contributed by atoms with E-state index >= 15 is 0 Å². The Hall–Kier alpha value is -0.680. The second kappa shape index (κ2) is 5.53. The quantitative estimate of drug-likeness (QED) is 0.779. The fourth-order valence-electron chi connectivity index (χ4n) is 2.03. The molecule has 98 valence electrons. The predicted molar refractivity (Wildman–Crippen MR) is 78.9 cm³/mol. The molecule has 0 aliphatic carbocycles. The zero-order chi connectivity index (χ0) is 13.3. The summed E-state index contributed by atoms with van der Waals surface area (Å²) in [5.74, 6) is 0.418. The topological polar surface area (TPSA) is 20.7 Å². The highest BCUT2D eigenvalue weighted by Gasteiger charge is 2.08. The normalized spacial score (nSPS) is 11.6. The van der Waals surface area contributed by atoms with Gasteiger partial charge in [0.15, 0.2) is 4.77 Å². The molecule has 5 heteroatoms. The minimum absolute atomic E-state index is 0.270. The number of fused-ring (bicyclic) bond motifs is 1. The van der Waals surface area contributed by atoms with Crippen molar-refractivity contribution < 1.29 is 4.39 Å². The molecule has 0 spiro atoms. The van der Waals surface area contributed by atoms with Crippen LogP contribution in [0, 0.1) is 16.5 Å². The van der Waals surface area contributed by atoms with Gasteiger partial charge < -0.3 is 9.55 Å². The first kappa shape index (κ1) is 13.7. The summed E-state index contributed by atoms with van der Waals surface area (Å²) in [5.41, 5.74) is 1.71. The summed E-state index contributed by atoms with van der Waals surface area (Å²) in [6.45, 7) is 5.29. The number of aromatic nitrogens is 2. The van der Waals surface area contributed by atoms with Crippen molar-refractivity contribution in [2.45, 2.75) is 33.2 Å². The first-order chi connectivity index (χ1) is 8.49. The number of benzene rings is 1. The van der Waals surface area contributed by atoms with Gasteiger partial charge in [0, 0.05) is 12.6 Å². The molecule has 0 unspecified atom stereocenters. The van der Waals surface area contributed by atoms with Crippen molar-refractivity contribution in [1.29, 1.82) is 0 Å². The lowest BCUT2D eigenvalue weighted by molar-refractivity contribution is 0.514. The summed E-state index contributed by atoms with van der Waals surface area (Å²) in [5, 5.41) is 0. The van der Waals surface area contributed by atoms with Gasteiger partial charge in [-0.2, -0.15) is 0 Å². The first-order valence-corrected chi connectivity index (χ1v) is 7.26. The highest BCUT2D eigenvalue weighted by atomic mass is 79.9. The molecule has 0 atom stereocenters. The monoisotopic (exact) mass is 330 g/mol. The maximum atomic E-state index is 13.4. The molecule has 0 bridgehead atoms. The Bertz CT molecular complexity index is 615. The summed E-state index contributed by atoms with van der Waals surface area (Å²) in [4.78, 5) is 3.05. The van der Waals surface area contributed by atoms with E-state index in [2.05, 4.69) is 34.8 Å². The van der Waals surface area contributed by atoms with E-state index in [4.69, 9.17) is 12.2 Å². The van der Waals surface area contributed by atoms with E-state index in [-0.39, 0.29) is 5.82 Å². The average molecular weight is 331 g/mol. The van der Waals surface area contributed by atoms with Crippen molar-refractivity contribution in [2.24, 2.45) is 5.92 Å². The van der Waals surface area contributed by atoms with Gasteiger partial charge >= 0.3 is 0 Å². The zero-order valence-corrected chi connectivity index (χ0v) is 12.9. The van der Waals surface area contributed by atoms with Gasteiger partial charge in [-0.05, 0) is 53.0 Å². The fraction of sp³-hybridized carbons (Fsp3) is 0.462. The minimum Gasteiger partial charge on any atom is -0.330 e. The molecule has 0 amide bonds. The molecule has 1 aromatic carbocycles. The summed E-state index contributed by atoms with van der Waals surface area (Å²) in [6, 6.07) is 3.26. The number of aromatic amines is 1. The van der Waals surface area contributed by atoms with Gasteiger partial charge in [-0.15, -0.1) is 0 Å². The molecular formula is C13H16BrFN2S. The lowest BCUT2D eigenvalue weighted by Crippen LogP contribution is -2.00. The number of nitrogens with zero attached hydrogens (tertiary/aromatic N) is 1. The van der Waals surface area contributed by atoms with Crippen LogP contribution < -0.4 is 0 Å². The van der Waals surface area contributed by atoms with E-state index in [0.717, 1.165) is 30.4 Å². The Kier molecular flexibility index (Phi) is 4.22. The Morgan fingerprint density at radius 3 is 2.83 bits per heavy atom. The van der Waals surface area contributed by atoms with Gasteiger partial charge in [0.25, 0.3) is 0 Å². The summed E-state index contributed by atoms with van der Waals surface area (Å²) in [7, 11) is 0. The first-order valence-electron chi connectivity index (χ1n) is 6.06. The molecule has 2 nitrogen and oxygen atoms in total. The minimum atomic E-state index is -0.270. The van der Waals surface area contributed by atoms with Crippen LogP contribution in [0.1, 0.15) is 26.7 Å². The molecule has 0 saturated carbocycles. The standard InChI is InChI=1S/C13H16BrFN2S/c1-8(2)4-3-5-17-12-6-9(14)10(15)7-11(12)16-13(17)18/h6-8H,3-5H2,1-2H3,(H,16,18). The highest BCUT2D eigenvalue weighted by Crippen LogP contribution is 2.23. The van der Waals surface area contributed by atoms with Crippen LogP contribution in [0.4, 0.5) is 4.39 Å². The van der Waals surface area contributed by atoms with Crippen LogP contribution in [0.15, 0.2) is 16.6 Å². The third-order valence-corrected chi connectivity index (χ3v) is 3.91. The van der Waals surface area contributed by atoms with Crippen molar-refractivity contribution in [2.75, 3.05) is 0 Å². The van der Waals surface area contributed by atoms with Crippen molar-refractivity contribution in [1.82, 2.24) is 9.55 Å². The average Bonchev–Trinajstić information content (AvgIpc) is 2.56. The van der Waals surface area contributed by atoms with Gasteiger partial charge in [0.05, 0.1) is 15.5 Å². The van der Waals surface area contributed by atoms with Crippen LogP contribution in [0.3, 0.4) is 0 Å². The van der Waals surface area contributed by atoms with Crippen molar-refractivity contribution >= 4 is 39.2 Å². The van der Waals surface area contributed by atoms with Crippen LogP contribution in [0.25, 0.3) is 11.0 Å². The van der Waals surface area contributed by atoms with Crippen LogP contribution in [-0.2, 0) is 6.54 Å². The SMILES string of the molecule is CC(C)CCCn1c(=S)[nH]c2cc(F)c(Br)cc21. The summed E-state index contributed by atoms with van der Waals surface area (Å²) >= 11 is 8.50. The summed E-state index contributed by atoms with van der Waals surface area (Å²) < 4.78 is 16.6. The Morgan fingerprint density at radius 1 is 1.44 bits per heavy atom. The molecule has 0 saturated heterocycles. The second-order valence-electron chi connectivity index (χ2n) is 4.90. The number of H-pyrrole nitrogens is 1. The second-order valence-corrected chi connectivity index (χ2v) is 6.14. The lowest BCUT2D eigenvalue weighted by atomic mass is 10.1. The van der Waals surface area contributed by atoms with E-state index in [1.165, 1.54) is 6.07 Å². The predicted octanol–water partition coefficient (Wildman–Crippen LogP) is 5.04. The Balaban J connectivity index is 2.35. The van der Waals surface area contributed by atoms with E-state index < -0.39 is 0 Å². The van der Waals surface area contributed by atoms with Crippen molar-refractivity contribution in [3.05, 3.63) is 27.2 Å². The zero-order valence-electron chi connectivity index (χ0n) is 10.5. The maximum Gasteiger partial charge on any atom is 0.178 e. The molecule has 0 radical (unpaired) electrons. The molecule has 0 aliphatic rings. The maximum absolute atomic E-state index is 13.4. The molecular weight excluding hydrogens is 315 g/mol. The highest BCUT2D eigenvalue weighted by molar-refractivity contribution is 9.10.